The maximum absolute atomic E-state index is 10.9. The van der Waals surface area contributed by atoms with Crippen molar-refractivity contribution in [1.29, 1.82) is 0 Å². The minimum absolute atomic E-state index is 0.141. The molecule has 0 amide bonds. The highest BCUT2D eigenvalue weighted by atomic mass is 79.9. The van der Waals surface area contributed by atoms with Gasteiger partial charge >= 0.3 is 5.63 Å². The molecule has 0 aliphatic carbocycles. The van der Waals surface area contributed by atoms with Gasteiger partial charge in [-0.25, -0.2) is 4.79 Å². The van der Waals surface area contributed by atoms with Crippen molar-refractivity contribution in [2.75, 3.05) is 0 Å². The monoisotopic (exact) mass is 240 g/mol. The predicted octanol–water partition coefficient (Wildman–Crippen LogP) is 2.26. The van der Waals surface area contributed by atoms with Gasteiger partial charge in [-0.3, -0.25) is 0 Å². The molecule has 0 unspecified atom stereocenters. The summed E-state index contributed by atoms with van der Waals surface area (Å²) in [5.74, 6) is 0.141. The Labute approximate surface area is 81.7 Å². The summed E-state index contributed by atoms with van der Waals surface area (Å²) in [4.78, 5) is 10.9. The second kappa shape index (κ2) is 2.88. The molecule has 0 atom stereocenters. The van der Waals surface area contributed by atoms with E-state index in [1.165, 1.54) is 18.2 Å². The second-order valence-electron chi connectivity index (χ2n) is 2.59. The summed E-state index contributed by atoms with van der Waals surface area (Å²) < 4.78 is 5.52. The van der Waals surface area contributed by atoms with Crippen molar-refractivity contribution >= 4 is 26.9 Å². The molecule has 1 aromatic heterocycles. The molecule has 1 N–H and O–H groups in total. The minimum Gasteiger partial charge on any atom is -0.508 e. The minimum atomic E-state index is -0.412. The summed E-state index contributed by atoms with van der Waals surface area (Å²) >= 11 is 3.21. The Bertz CT molecular complexity index is 516. The number of rotatable bonds is 0. The molecule has 66 valence electrons. The van der Waals surface area contributed by atoms with Crippen LogP contribution in [-0.4, -0.2) is 5.11 Å². The van der Waals surface area contributed by atoms with Crippen LogP contribution in [0.3, 0.4) is 0 Å². The van der Waals surface area contributed by atoms with Crippen LogP contribution in [0.5, 0.6) is 5.75 Å². The molecule has 1 aromatic carbocycles. The number of aromatic hydroxyl groups is 1. The van der Waals surface area contributed by atoms with E-state index in [0.29, 0.717) is 15.4 Å². The molecule has 0 spiro atoms. The van der Waals surface area contributed by atoms with Crippen molar-refractivity contribution in [3.05, 3.63) is 39.2 Å². The fraction of sp³-hybridized carbons (Fsp3) is 0. The van der Waals surface area contributed by atoms with Gasteiger partial charge < -0.3 is 9.52 Å². The van der Waals surface area contributed by atoms with Crippen LogP contribution in [0.4, 0.5) is 0 Å². The third-order valence-corrected chi connectivity index (χ3v) is 2.33. The number of hydrogen-bond donors (Lipinski definition) is 1. The summed E-state index contributed by atoms with van der Waals surface area (Å²) in [6.07, 6.45) is 0. The molecule has 13 heavy (non-hydrogen) atoms. The fourth-order valence-corrected chi connectivity index (χ4v) is 1.61. The predicted molar refractivity (Wildman–Crippen MR) is 51.8 cm³/mol. The van der Waals surface area contributed by atoms with Gasteiger partial charge in [-0.15, -0.1) is 0 Å². The Balaban J connectivity index is 2.95. The molecule has 0 bridgehead atoms. The van der Waals surface area contributed by atoms with E-state index in [9.17, 15) is 9.90 Å². The largest absolute Gasteiger partial charge is 0.508 e. The van der Waals surface area contributed by atoms with Crippen molar-refractivity contribution in [2.45, 2.75) is 0 Å². The average Bonchev–Trinajstić information content (AvgIpc) is 2.06. The second-order valence-corrected chi connectivity index (χ2v) is 3.45. The van der Waals surface area contributed by atoms with Gasteiger partial charge in [0, 0.05) is 15.9 Å². The molecule has 4 heteroatoms. The number of phenols is 1. The first-order chi connectivity index (χ1) is 6.16. The van der Waals surface area contributed by atoms with Crippen molar-refractivity contribution in [1.82, 2.24) is 0 Å². The van der Waals surface area contributed by atoms with Crippen LogP contribution in [-0.2, 0) is 0 Å². The van der Waals surface area contributed by atoms with Crippen LogP contribution in [0, 0.1) is 0 Å². The van der Waals surface area contributed by atoms with E-state index in [2.05, 4.69) is 15.9 Å². The fourth-order valence-electron chi connectivity index (χ4n) is 1.11. The highest BCUT2D eigenvalue weighted by Gasteiger charge is 2.03. The molecular weight excluding hydrogens is 236 g/mol. The van der Waals surface area contributed by atoms with Crippen LogP contribution in [0.1, 0.15) is 0 Å². The van der Waals surface area contributed by atoms with E-state index in [0.717, 1.165) is 0 Å². The van der Waals surface area contributed by atoms with Gasteiger partial charge in [0.05, 0.1) is 0 Å². The third kappa shape index (κ3) is 1.45. The van der Waals surface area contributed by atoms with Gasteiger partial charge in [0.1, 0.15) is 11.3 Å². The summed E-state index contributed by atoms with van der Waals surface area (Å²) in [5.41, 5.74) is 0.0437. The highest BCUT2D eigenvalue weighted by molar-refractivity contribution is 9.10. The lowest BCUT2D eigenvalue weighted by molar-refractivity contribution is 0.475. The smallest absolute Gasteiger partial charge is 0.337 e. The summed E-state index contributed by atoms with van der Waals surface area (Å²) in [7, 11) is 0. The van der Waals surface area contributed by atoms with E-state index in [4.69, 9.17) is 4.42 Å². The molecule has 2 rings (SSSR count). The first kappa shape index (κ1) is 8.31. The summed E-state index contributed by atoms with van der Waals surface area (Å²) in [6.45, 7) is 0. The standard InChI is InChI=1S/C9H5BrO3/c10-7-4-9(12)13-8-2-1-5(11)3-6(7)8/h1-4,11H. The van der Waals surface area contributed by atoms with Crippen LogP contribution in [0.15, 0.2) is 37.9 Å². The van der Waals surface area contributed by atoms with Gasteiger partial charge in [-0.2, -0.15) is 0 Å². The Hall–Kier alpha value is -1.29. The maximum atomic E-state index is 10.9. The first-order valence-corrected chi connectivity index (χ1v) is 4.38. The summed E-state index contributed by atoms with van der Waals surface area (Å²) in [5, 5.41) is 9.86. The zero-order chi connectivity index (χ0) is 9.42. The Kier molecular flexibility index (Phi) is 1.84. The highest BCUT2D eigenvalue weighted by Crippen LogP contribution is 2.25. The lowest BCUT2D eigenvalue weighted by Crippen LogP contribution is -1.95. The van der Waals surface area contributed by atoms with E-state index in [1.807, 2.05) is 0 Å². The zero-order valence-electron chi connectivity index (χ0n) is 6.45. The van der Waals surface area contributed by atoms with Gasteiger partial charge in [0.2, 0.25) is 0 Å². The molecule has 0 fully saturated rings. The van der Waals surface area contributed by atoms with E-state index < -0.39 is 5.63 Å². The Morgan fingerprint density at radius 2 is 2.08 bits per heavy atom. The van der Waals surface area contributed by atoms with Crippen LogP contribution in [0.25, 0.3) is 11.0 Å². The summed E-state index contributed by atoms with van der Waals surface area (Å²) in [6, 6.07) is 5.87. The van der Waals surface area contributed by atoms with E-state index >= 15 is 0 Å². The van der Waals surface area contributed by atoms with Gasteiger partial charge in [-0.1, -0.05) is 0 Å². The topological polar surface area (TPSA) is 50.4 Å². The van der Waals surface area contributed by atoms with Crippen LogP contribution < -0.4 is 5.63 Å². The van der Waals surface area contributed by atoms with E-state index in [1.54, 1.807) is 6.07 Å². The first-order valence-electron chi connectivity index (χ1n) is 3.59. The van der Waals surface area contributed by atoms with Crippen molar-refractivity contribution < 1.29 is 9.52 Å². The number of hydrogen-bond acceptors (Lipinski definition) is 3. The Morgan fingerprint density at radius 1 is 1.31 bits per heavy atom. The number of phenolic OH excluding ortho intramolecular Hbond substituents is 1. The van der Waals surface area contributed by atoms with Crippen LogP contribution in [0.2, 0.25) is 0 Å². The van der Waals surface area contributed by atoms with Crippen molar-refractivity contribution in [2.24, 2.45) is 0 Å². The molecular formula is C9H5BrO3. The molecule has 0 radical (unpaired) electrons. The number of fused-ring (bicyclic) bond motifs is 1. The molecule has 0 aliphatic heterocycles. The quantitative estimate of drug-likeness (QED) is 0.719. The number of halogens is 1. The van der Waals surface area contributed by atoms with Crippen molar-refractivity contribution in [3.8, 4) is 5.75 Å². The normalized spacial score (nSPS) is 10.5. The zero-order valence-corrected chi connectivity index (χ0v) is 8.04. The van der Waals surface area contributed by atoms with E-state index in [-0.39, 0.29) is 5.75 Å². The molecule has 0 saturated heterocycles. The molecule has 2 aromatic rings. The van der Waals surface area contributed by atoms with Crippen molar-refractivity contribution in [3.63, 3.8) is 0 Å². The van der Waals surface area contributed by atoms with Gasteiger partial charge in [-0.05, 0) is 34.1 Å². The SMILES string of the molecule is O=c1cc(Br)c2cc(O)ccc2o1. The maximum Gasteiger partial charge on any atom is 0.337 e. The molecule has 3 nitrogen and oxygen atoms in total. The van der Waals surface area contributed by atoms with Gasteiger partial charge in [0.25, 0.3) is 0 Å². The van der Waals surface area contributed by atoms with Crippen LogP contribution >= 0.6 is 15.9 Å². The lowest BCUT2D eigenvalue weighted by atomic mass is 10.2. The molecule has 0 saturated carbocycles. The Morgan fingerprint density at radius 3 is 2.85 bits per heavy atom. The molecule has 0 aliphatic rings. The van der Waals surface area contributed by atoms with Gasteiger partial charge in [0.15, 0.2) is 0 Å². The molecule has 1 heterocycles. The lowest BCUT2D eigenvalue weighted by Gasteiger charge is -1.98. The number of benzene rings is 1. The average molecular weight is 241 g/mol. The third-order valence-electron chi connectivity index (χ3n) is 1.68.